The maximum absolute atomic E-state index is 13.4. The lowest BCUT2D eigenvalue weighted by Crippen LogP contribution is -2.31. The summed E-state index contributed by atoms with van der Waals surface area (Å²) in [4.78, 5) is 23.4. The maximum atomic E-state index is 13.4. The summed E-state index contributed by atoms with van der Waals surface area (Å²) >= 11 is 0. The van der Waals surface area contributed by atoms with Gasteiger partial charge in [-0.2, -0.15) is 0 Å². The standard InChI is InChI=1S/C16H12FN3O5/c17-11-5-2-1-4-10(11)15(22)18-8-14(21)24-9-13-19-20-16(25-13)12-6-3-7-23-12/h1-7H,8-9H2,(H,18,22). The number of nitrogens with one attached hydrogen (secondary N) is 1. The van der Waals surface area contributed by atoms with Gasteiger partial charge >= 0.3 is 5.97 Å². The molecular formula is C16H12FN3O5. The van der Waals surface area contributed by atoms with E-state index < -0.39 is 24.2 Å². The van der Waals surface area contributed by atoms with Crippen LogP contribution < -0.4 is 5.32 Å². The van der Waals surface area contributed by atoms with Crippen LogP contribution in [0.1, 0.15) is 16.2 Å². The van der Waals surface area contributed by atoms with Gasteiger partial charge in [0.2, 0.25) is 0 Å². The van der Waals surface area contributed by atoms with Gasteiger partial charge in [-0.1, -0.05) is 12.1 Å². The van der Waals surface area contributed by atoms with Crippen LogP contribution in [-0.4, -0.2) is 28.6 Å². The van der Waals surface area contributed by atoms with Crippen LogP contribution in [0, 0.1) is 5.82 Å². The summed E-state index contributed by atoms with van der Waals surface area (Å²) in [5.74, 6) is -1.51. The highest BCUT2D eigenvalue weighted by atomic mass is 19.1. The lowest BCUT2D eigenvalue weighted by molar-refractivity contribution is -0.144. The molecule has 1 N–H and O–H groups in total. The topological polar surface area (TPSA) is 107 Å². The van der Waals surface area contributed by atoms with Gasteiger partial charge in [-0.3, -0.25) is 9.59 Å². The molecule has 8 nitrogen and oxygen atoms in total. The molecule has 3 rings (SSSR count). The highest BCUT2D eigenvalue weighted by Crippen LogP contribution is 2.17. The summed E-state index contributed by atoms with van der Waals surface area (Å²) in [5, 5.41) is 9.72. The predicted molar refractivity (Wildman–Crippen MR) is 80.5 cm³/mol. The second-order valence-electron chi connectivity index (χ2n) is 4.80. The van der Waals surface area contributed by atoms with Gasteiger partial charge < -0.3 is 18.9 Å². The van der Waals surface area contributed by atoms with Gasteiger partial charge in [-0.15, -0.1) is 10.2 Å². The maximum Gasteiger partial charge on any atom is 0.325 e. The minimum absolute atomic E-state index is 0.0696. The normalized spacial score (nSPS) is 10.4. The molecule has 9 heteroatoms. The number of hydrogen-bond acceptors (Lipinski definition) is 7. The Morgan fingerprint density at radius 2 is 2.00 bits per heavy atom. The SMILES string of the molecule is O=C(CNC(=O)c1ccccc1F)OCc1nnc(-c2ccco2)o1. The van der Waals surface area contributed by atoms with Crippen LogP contribution in [0.4, 0.5) is 4.39 Å². The highest BCUT2D eigenvalue weighted by Gasteiger charge is 2.15. The minimum Gasteiger partial charge on any atom is -0.459 e. The van der Waals surface area contributed by atoms with Crippen molar-refractivity contribution in [3.8, 4) is 11.7 Å². The van der Waals surface area contributed by atoms with Gasteiger partial charge in [0.15, 0.2) is 12.4 Å². The molecule has 0 fully saturated rings. The van der Waals surface area contributed by atoms with Crippen LogP contribution in [0.2, 0.25) is 0 Å². The van der Waals surface area contributed by atoms with Crippen LogP contribution in [0.15, 0.2) is 51.5 Å². The summed E-state index contributed by atoms with van der Waals surface area (Å²) in [6.45, 7) is -0.686. The zero-order valence-corrected chi connectivity index (χ0v) is 12.8. The zero-order chi connectivity index (χ0) is 17.6. The van der Waals surface area contributed by atoms with E-state index in [0.717, 1.165) is 6.07 Å². The fourth-order valence-corrected chi connectivity index (χ4v) is 1.90. The summed E-state index contributed by atoms with van der Waals surface area (Å²) in [6, 6.07) is 8.74. The molecule has 0 saturated heterocycles. The molecule has 2 heterocycles. The number of nitrogens with zero attached hydrogens (tertiary/aromatic N) is 2. The Morgan fingerprint density at radius 3 is 2.76 bits per heavy atom. The molecule has 0 bridgehead atoms. The van der Waals surface area contributed by atoms with Crippen LogP contribution in [-0.2, 0) is 16.1 Å². The fraction of sp³-hybridized carbons (Fsp3) is 0.125. The number of esters is 1. The lowest BCUT2D eigenvalue weighted by atomic mass is 10.2. The smallest absolute Gasteiger partial charge is 0.325 e. The number of hydrogen-bond donors (Lipinski definition) is 1. The van der Waals surface area contributed by atoms with E-state index >= 15 is 0 Å². The summed E-state index contributed by atoms with van der Waals surface area (Å²) < 4.78 is 28.7. The van der Waals surface area contributed by atoms with Crippen LogP contribution in [0.3, 0.4) is 0 Å². The first kappa shape index (κ1) is 16.4. The Morgan fingerprint density at radius 1 is 1.16 bits per heavy atom. The van der Waals surface area contributed by atoms with Gasteiger partial charge in [0.1, 0.15) is 12.4 Å². The van der Waals surface area contributed by atoms with Crippen molar-refractivity contribution in [1.29, 1.82) is 0 Å². The van der Waals surface area contributed by atoms with E-state index in [1.165, 1.54) is 24.5 Å². The fourth-order valence-electron chi connectivity index (χ4n) is 1.90. The Labute approximate surface area is 140 Å². The molecule has 0 aliphatic heterocycles. The van der Waals surface area contributed by atoms with E-state index in [-0.39, 0.29) is 24.0 Å². The average molecular weight is 345 g/mol. The second kappa shape index (κ2) is 7.39. The molecule has 0 saturated carbocycles. The number of furan rings is 1. The van der Waals surface area contributed by atoms with Crippen molar-refractivity contribution >= 4 is 11.9 Å². The molecule has 25 heavy (non-hydrogen) atoms. The molecule has 1 aromatic carbocycles. The lowest BCUT2D eigenvalue weighted by Gasteiger charge is -2.05. The Hall–Kier alpha value is -3.49. The molecule has 0 atom stereocenters. The van der Waals surface area contributed by atoms with E-state index in [1.807, 2.05) is 0 Å². The number of aromatic nitrogens is 2. The van der Waals surface area contributed by atoms with Crippen molar-refractivity contribution in [3.05, 3.63) is 59.9 Å². The minimum atomic E-state index is -0.734. The van der Waals surface area contributed by atoms with Gasteiger partial charge in [0.05, 0.1) is 11.8 Å². The molecular weight excluding hydrogens is 333 g/mol. The molecule has 0 aliphatic carbocycles. The second-order valence-corrected chi connectivity index (χ2v) is 4.80. The van der Waals surface area contributed by atoms with Gasteiger partial charge in [-0.05, 0) is 24.3 Å². The molecule has 128 valence electrons. The first-order chi connectivity index (χ1) is 12.1. The average Bonchev–Trinajstić information content (AvgIpc) is 3.29. The first-order valence-corrected chi connectivity index (χ1v) is 7.18. The van der Waals surface area contributed by atoms with Crippen LogP contribution in [0.5, 0.6) is 0 Å². The number of rotatable bonds is 6. The third-order valence-electron chi connectivity index (χ3n) is 3.07. The van der Waals surface area contributed by atoms with E-state index in [2.05, 4.69) is 15.5 Å². The molecule has 3 aromatic rings. The Bertz CT molecular complexity index is 876. The number of carbonyl (C=O) groups is 2. The number of amides is 1. The largest absolute Gasteiger partial charge is 0.459 e. The summed E-state index contributed by atoms with van der Waals surface area (Å²) in [6.07, 6.45) is 1.46. The van der Waals surface area contributed by atoms with Crippen molar-refractivity contribution in [3.63, 3.8) is 0 Å². The molecule has 0 spiro atoms. The summed E-state index contributed by atoms with van der Waals surface area (Å²) in [5.41, 5.74) is -0.157. The Balaban J connectivity index is 1.47. The van der Waals surface area contributed by atoms with Crippen LogP contribution in [0.25, 0.3) is 11.7 Å². The number of benzene rings is 1. The predicted octanol–water partition coefficient (Wildman–Crippen LogP) is 1.94. The third kappa shape index (κ3) is 4.08. The monoisotopic (exact) mass is 345 g/mol. The number of carbonyl (C=O) groups excluding carboxylic acids is 2. The molecule has 2 aromatic heterocycles. The van der Waals surface area contributed by atoms with E-state index in [1.54, 1.807) is 12.1 Å². The number of ether oxygens (including phenoxy) is 1. The Kier molecular flexibility index (Phi) is 4.84. The number of halogens is 1. The quantitative estimate of drug-likeness (QED) is 0.680. The van der Waals surface area contributed by atoms with Gasteiger partial charge in [0.25, 0.3) is 17.7 Å². The van der Waals surface area contributed by atoms with Crippen molar-refractivity contribution in [2.75, 3.05) is 6.54 Å². The van der Waals surface area contributed by atoms with Crippen molar-refractivity contribution < 1.29 is 27.6 Å². The van der Waals surface area contributed by atoms with Gasteiger partial charge in [-0.25, -0.2) is 4.39 Å². The van der Waals surface area contributed by atoms with Crippen molar-refractivity contribution in [1.82, 2.24) is 15.5 Å². The molecule has 0 radical (unpaired) electrons. The van der Waals surface area contributed by atoms with E-state index in [9.17, 15) is 14.0 Å². The van der Waals surface area contributed by atoms with Crippen LogP contribution >= 0.6 is 0 Å². The van der Waals surface area contributed by atoms with Crippen molar-refractivity contribution in [2.24, 2.45) is 0 Å². The zero-order valence-electron chi connectivity index (χ0n) is 12.8. The highest BCUT2D eigenvalue weighted by molar-refractivity contribution is 5.96. The van der Waals surface area contributed by atoms with Gasteiger partial charge in [0, 0.05) is 0 Å². The van der Waals surface area contributed by atoms with E-state index in [0.29, 0.717) is 5.76 Å². The first-order valence-electron chi connectivity index (χ1n) is 7.18. The van der Waals surface area contributed by atoms with Crippen molar-refractivity contribution in [2.45, 2.75) is 6.61 Å². The third-order valence-corrected chi connectivity index (χ3v) is 3.07. The molecule has 1 amide bonds. The summed E-state index contributed by atoms with van der Waals surface area (Å²) in [7, 11) is 0. The molecule has 0 aliphatic rings. The van der Waals surface area contributed by atoms with E-state index in [4.69, 9.17) is 13.6 Å². The molecule has 0 unspecified atom stereocenters.